The fourth-order valence-electron chi connectivity index (χ4n) is 7.67. The van der Waals surface area contributed by atoms with E-state index in [4.69, 9.17) is 11.2 Å². The highest BCUT2D eigenvalue weighted by molar-refractivity contribution is 5.89. The fraction of sp³-hybridized carbons (Fsp3) is 0.826. The van der Waals surface area contributed by atoms with Crippen LogP contribution in [0.25, 0.3) is 0 Å². The van der Waals surface area contributed by atoms with Gasteiger partial charge in [0.1, 0.15) is 11.8 Å². The van der Waals surface area contributed by atoms with Gasteiger partial charge in [0.15, 0.2) is 11.4 Å². The number of alkyl halides is 1. The van der Waals surface area contributed by atoms with Crippen LogP contribution < -0.4 is 0 Å². The molecule has 0 aromatic heterocycles. The van der Waals surface area contributed by atoms with Crippen molar-refractivity contribution in [2.45, 2.75) is 89.5 Å². The Morgan fingerprint density at radius 2 is 1.79 bits per heavy atom. The van der Waals surface area contributed by atoms with Gasteiger partial charge in [-0.15, -0.1) is 6.42 Å². The number of esters is 1. The molecule has 1 N–H and O–H groups in total. The fourth-order valence-corrected chi connectivity index (χ4v) is 7.67. The van der Waals surface area contributed by atoms with Gasteiger partial charge < -0.3 is 9.84 Å². The van der Waals surface area contributed by atoms with E-state index in [1.807, 2.05) is 6.92 Å². The van der Waals surface area contributed by atoms with Gasteiger partial charge >= 0.3 is 5.97 Å². The first-order chi connectivity index (χ1) is 13.0. The topological polar surface area (TPSA) is 63.6 Å². The Morgan fingerprint density at radius 3 is 2.43 bits per heavy atom. The summed E-state index contributed by atoms with van der Waals surface area (Å²) in [6, 6.07) is 0. The molecule has 154 valence electrons. The first-order valence-corrected chi connectivity index (χ1v) is 10.6. The smallest absolute Gasteiger partial charge is 0.304 e. The highest BCUT2D eigenvalue weighted by atomic mass is 19.1. The average Bonchev–Trinajstić information content (AvgIpc) is 2.90. The molecule has 0 spiro atoms. The Balaban J connectivity index is 1.72. The lowest BCUT2D eigenvalue weighted by Crippen LogP contribution is -2.67. The molecule has 4 saturated carbocycles. The van der Waals surface area contributed by atoms with Crippen LogP contribution in [-0.4, -0.2) is 34.2 Å². The van der Waals surface area contributed by atoms with Gasteiger partial charge in [-0.25, -0.2) is 4.39 Å². The molecule has 0 saturated heterocycles. The second kappa shape index (κ2) is 6.05. The number of Topliss-reactive ketones (excluding diaryl/α,β-unsaturated/α-hetero) is 1. The van der Waals surface area contributed by atoms with E-state index in [0.29, 0.717) is 19.3 Å². The van der Waals surface area contributed by atoms with Crippen LogP contribution in [0.4, 0.5) is 4.39 Å². The maximum absolute atomic E-state index is 14.1. The molecule has 8 atom stereocenters. The maximum atomic E-state index is 14.1. The summed E-state index contributed by atoms with van der Waals surface area (Å²) < 4.78 is 19.9. The molecule has 0 aliphatic heterocycles. The standard InChI is InChI=1S/C23H31FO4/c1-5-22(28-14(2)25)11-8-17-16-12-19(26)23(27)13-15(24)6-9-21(23,4)18(16)7-10-20(17,22)3/h1,15-18,27H,6-13H2,2-4H3/t15-,16-,17-,18-,20-,21+,22+,23?/m0/s1. The number of hydrogen-bond acceptors (Lipinski definition) is 4. The molecule has 0 aromatic carbocycles. The van der Waals surface area contributed by atoms with E-state index < -0.39 is 22.8 Å². The highest BCUT2D eigenvalue weighted by Gasteiger charge is 2.70. The molecular weight excluding hydrogens is 359 g/mol. The van der Waals surface area contributed by atoms with E-state index in [0.717, 1.165) is 19.3 Å². The van der Waals surface area contributed by atoms with Crippen molar-refractivity contribution in [3.8, 4) is 12.3 Å². The molecule has 0 heterocycles. The maximum Gasteiger partial charge on any atom is 0.304 e. The summed E-state index contributed by atoms with van der Waals surface area (Å²) in [5, 5.41) is 11.3. The van der Waals surface area contributed by atoms with Gasteiger partial charge in [-0.1, -0.05) is 19.8 Å². The minimum absolute atomic E-state index is 0.0742. The molecule has 4 nitrogen and oxygen atoms in total. The van der Waals surface area contributed by atoms with E-state index in [-0.39, 0.29) is 47.8 Å². The Morgan fingerprint density at radius 1 is 1.18 bits per heavy atom. The van der Waals surface area contributed by atoms with Gasteiger partial charge in [-0.3, -0.25) is 9.59 Å². The lowest BCUT2D eigenvalue weighted by Gasteiger charge is -2.63. The molecule has 4 aliphatic carbocycles. The summed E-state index contributed by atoms with van der Waals surface area (Å²) in [5.74, 6) is 2.64. The molecule has 4 rings (SSSR count). The van der Waals surface area contributed by atoms with Gasteiger partial charge in [-0.05, 0) is 56.3 Å². The number of carbonyl (C=O) groups is 2. The van der Waals surface area contributed by atoms with E-state index in [9.17, 15) is 19.1 Å². The number of halogens is 1. The van der Waals surface area contributed by atoms with Crippen LogP contribution in [0.5, 0.6) is 0 Å². The third-order valence-corrected chi connectivity index (χ3v) is 9.25. The van der Waals surface area contributed by atoms with Crippen molar-refractivity contribution in [3.05, 3.63) is 0 Å². The van der Waals surface area contributed by atoms with E-state index in [2.05, 4.69) is 12.8 Å². The second-order valence-electron chi connectivity index (χ2n) is 10.2. The van der Waals surface area contributed by atoms with Crippen molar-refractivity contribution in [2.24, 2.45) is 28.6 Å². The van der Waals surface area contributed by atoms with Crippen LogP contribution in [0.2, 0.25) is 0 Å². The molecule has 28 heavy (non-hydrogen) atoms. The molecule has 4 fully saturated rings. The first-order valence-electron chi connectivity index (χ1n) is 10.6. The first kappa shape index (κ1) is 19.9. The van der Waals surface area contributed by atoms with Crippen molar-refractivity contribution in [2.75, 3.05) is 0 Å². The Kier molecular flexibility index (Phi) is 4.29. The monoisotopic (exact) mass is 390 g/mol. The van der Waals surface area contributed by atoms with Gasteiger partial charge in [0.25, 0.3) is 0 Å². The lowest BCUT2D eigenvalue weighted by atomic mass is 9.42. The van der Waals surface area contributed by atoms with Crippen LogP contribution in [0, 0.1) is 40.9 Å². The summed E-state index contributed by atoms with van der Waals surface area (Å²) in [6.45, 7) is 5.49. The zero-order chi connectivity index (χ0) is 20.5. The number of ether oxygens (including phenoxy) is 1. The highest BCUT2D eigenvalue weighted by Crippen LogP contribution is 2.69. The van der Waals surface area contributed by atoms with Crippen LogP contribution in [0.1, 0.15) is 72.1 Å². The van der Waals surface area contributed by atoms with E-state index in [1.165, 1.54) is 6.92 Å². The Labute approximate surface area is 166 Å². The minimum atomic E-state index is -1.56. The number of rotatable bonds is 1. The largest absolute Gasteiger partial charge is 0.445 e. The van der Waals surface area contributed by atoms with Crippen molar-refractivity contribution in [1.29, 1.82) is 0 Å². The van der Waals surface area contributed by atoms with E-state index >= 15 is 0 Å². The predicted molar refractivity (Wildman–Crippen MR) is 102 cm³/mol. The molecule has 5 heteroatoms. The summed E-state index contributed by atoms with van der Waals surface area (Å²) in [7, 11) is 0. The third-order valence-electron chi connectivity index (χ3n) is 9.25. The van der Waals surface area contributed by atoms with Gasteiger partial charge in [0.05, 0.1) is 0 Å². The molecule has 1 unspecified atom stereocenters. The molecule has 0 amide bonds. The molecule has 0 aromatic rings. The van der Waals surface area contributed by atoms with E-state index in [1.54, 1.807) is 0 Å². The van der Waals surface area contributed by atoms with Crippen molar-refractivity contribution < 1.29 is 23.8 Å². The SMILES string of the molecule is C#C[C@@]1(OC(C)=O)CC[C@H]2[C@@H]3CC(=O)C4(O)C[C@@H](F)CC[C@]4(C)[C@H]3CC[C@@]21C. The zero-order valence-electron chi connectivity index (χ0n) is 17.1. The normalized spacial score (nSPS) is 52.8. The third kappa shape index (κ3) is 2.27. The van der Waals surface area contributed by atoms with Crippen LogP contribution >= 0.6 is 0 Å². The molecule has 4 aliphatic rings. The number of aliphatic hydroxyl groups is 1. The van der Waals surface area contributed by atoms with Crippen molar-refractivity contribution in [3.63, 3.8) is 0 Å². The number of hydrogen-bond donors (Lipinski definition) is 1. The van der Waals surface area contributed by atoms with Crippen LogP contribution in [-0.2, 0) is 14.3 Å². The number of carbonyl (C=O) groups excluding carboxylic acids is 2. The van der Waals surface area contributed by atoms with Crippen molar-refractivity contribution >= 4 is 11.8 Å². The zero-order valence-corrected chi connectivity index (χ0v) is 17.1. The molecule has 0 radical (unpaired) electrons. The van der Waals surface area contributed by atoms with Gasteiger partial charge in [0, 0.05) is 30.6 Å². The molecular formula is C23H31FO4. The molecule has 0 bridgehead atoms. The quantitative estimate of drug-likeness (QED) is 0.549. The number of fused-ring (bicyclic) bond motifs is 5. The van der Waals surface area contributed by atoms with Crippen molar-refractivity contribution in [1.82, 2.24) is 0 Å². The number of terminal acetylenes is 1. The minimum Gasteiger partial charge on any atom is -0.445 e. The summed E-state index contributed by atoms with van der Waals surface area (Å²) in [4.78, 5) is 24.9. The number of ketones is 1. The van der Waals surface area contributed by atoms with Crippen LogP contribution in [0.15, 0.2) is 0 Å². The van der Waals surface area contributed by atoms with Crippen LogP contribution in [0.3, 0.4) is 0 Å². The van der Waals surface area contributed by atoms with Gasteiger partial charge in [0.2, 0.25) is 0 Å². The Hall–Kier alpha value is -1.41. The summed E-state index contributed by atoms with van der Waals surface area (Å²) in [5.41, 5.74) is -3.46. The second-order valence-corrected chi connectivity index (χ2v) is 10.2. The summed E-state index contributed by atoms with van der Waals surface area (Å²) in [6.07, 6.45) is 8.92. The average molecular weight is 390 g/mol. The summed E-state index contributed by atoms with van der Waals surface area (Å²) >= 11 is 0. The van der Waals surface area contributed by atoms with Gasteiger partial charge in [-0.2, -0.15) is 0 Å². The Bertz CT molecular complexity index is 758. The lowest BCUT2D eigenvalue weighted by molar-refractivity contribution is -0.214. The predicted octanol–water partition coefficient (Wildman–Crippen LogP) is 3.60.